The number of benzene rings is 1. The van der Waals surface area contributed by atoms with Crippen molar-refractivity contribution in [3.63, 3.8) is 0 Å². The minimum atomic E-state index is -0.318. The van der Waals surface area contributed by atoms with Crippen molar-refractivity contribution in [2.24, 2.45) is 11.7 Å². The smallest absolute Gasteiger partial charge is 0.293 e. The summed E-state index contributed by atoms with van der Waals surface area (Å²) in [6.07, 6.45) is 3.33. The summed E-state index contributed by atoms with van der Waals surface area (Å²) < 4.78 is 4.55. The highest BCUT2D eigenvalue weighted by Crippen LogP contribution is 2.19. The minimum absolute atomic E-state index is 0.264. The third-order valence-corrected chi connectivity index (χ3v) is 3.99. The van der Waals surface area contributed by atoms with E-state index in [-0.39, 0.29) is 11.6 Å². The quantitative estimate of drug-likeness (QED) is 0.826. The minimum Gasteiger partial charge on any atom is -0.462 e. The Balaban J connectivity index is 0.000000322. The summed E-state index contributed by atoms with van der Waals surface area (Å²) in [6.45, 7) is 8.13. The van der Waals surface area contributed by atoms with Crippen molar-refractivity contribution in [3.05, 3.63) is 34.9 Å². The van der Waals surface area contributed by atoms with Gasteiger partial charge in [-0.1, -0.05) is 23.7 Å². The largest absolute Gasteiger partial charge is 0.462 e. The van der Waals surface area contributed by atoms with Crippen molar-refractivity contribution in [1.29, 1.82) is 0 Å². The molecule has 0 saturated carbocycles. The highest BCUT2D eigenvalue weighted by atomic mass is 35.5. The molecule has 1 aliphatic rings. The first-order valence-electron chi connectivity index (χ1n) is 8.14. The standard InChI is InChI=1S/C13H19ClN2.C5H10O2/c14-12-3-1-2-10(8-12)9-13(15)11-4-6-16-7-5-11;1-5(2,3)7-4-6/h1-3,8,11,13,16H,4-7,9,15H2;4H,1-3H3. The van der Waals surface area contributed by atoms with Gasteiger partial charge in [-0.05, 0) is 76.7 Å². The van der Waals surface area contributed by atoms with Crippen LogP contribution in [0, 0.1) is 5.92 Å². The van der Waals surface area contributed by atoms with Crippen LogP contribution in [0.3, 0.4) is 0 Å². The van der Waals surface area contributed by atoms with Crippen LogP contribution in [0.25, 0.3) is 0 Å². The molecule has 1 aromatic rings. The van der Waals surface area contributed by atoms with Crippen LogP contribution in [0.15, 0.2) is 24.3 Å². The molecule has 2 rings (SSSR count). The number of carbonyl (C=O) groups is 1. The molecule has 0 radical (unpaired) electrons. The fourth-order valence-electron chi connectivity index (χ4n) is 2.52. The number of carbonyl (C=O) groups excluding carboxylic acids is 1. The second-order valence-corrected chi connectivity index (χ2v) is 7.35. The van der Waals surface area contributed by atoms with E-state index in [0.29, 0.717) is 12.4 Å². The molecule has 23 heavy (non-hydrogen) atoms. The maximum Gasteiger partial charge on any atom is 0.293 e. The zero-order valence-electron chi connectivity index (χ0n) is 14.3. The maximum atomic E-state index is 9.60. The predicted molar refractivity (Wildman–Crippen MR) is 95.6 cm³/mol. The molecule has 1 heterocycles. The Labute approximate surface area is 144 Å². The van der Waals surface area contributed by atoms with Crippen molar-refractivity contribution in [2.45, 2.75) is 51.7 Å². The molecule has 1 saturated heterocycles. The van der Waals surface area contributed by atoms with Gasteiger partial charge in [-0.2, -0.15) is 0 Å². The second kappa shape index (κ2) is 9.91. The van der Waals surface area contributed by atoms with Crippen LogP contribution in [-0.4, -0.2) is 31.2 Å². The summed E-state index contributed by atoms with van der Waals surface area (Å²) in [5, 5.41) is 4.17. The molecule has 4 nitrogen and oxygen atoms in total. The topological polar surface area (TPSA) is 64.3 Å². The van der Waals surface area contributed by atoms with E-state index >= 15 is 0 Å². The lowest BCUT2D eigenvalue weighted by Gasteiger charge is -2.28. The fourth-order valence-corrected chi connectivity index (χ4v) is 2.73. The Kier molecular flexibility index (Phi) is 8.59. The van der Waals surface area contributed by atoms with Gasteiger partial charge in [-0.25, -0.2) is 0 Å². The van der Waals surface area contributed by atoms with Gasteiger partial charge in [0.05, 0.1) is 0 Å². The molecule has 0 aliphatic carbocycles. The van der Waals surface area contributed by atoms with Crippen molar-refractivity contribution < 1.29 is 9.53 Å². The van der Waals surface area contributed by atoms with E-state index < -0.39 is 0 Å². The average molecular weight is 341 g/mol. The fraction of sp³-hybridized carbons (Fsp3) is 0.611. The van der Waals surface area contributed by atoms with Gasteiger partial charge in [0.2, 0.25) is 0 Å². The Morgan fingerprint density at radius 1 is 1.39 bits per heavy atom. The van der Waals surface area contributed by atoms with Gasteiger partial charge in [0.25, 0.3) is 6.47 Å². The van der Waals surface area contributed by atoms with Gasteiger partial charge < -0.3 is 15.8 Å². The number of piperidine rings is 1. The van der Waals surface area contributed by atoms with E-state index in [0.717, 1.165) is 24.5 Å². The molecule has 130 valence electrons. The molecule has 0 spiro atoms. The van der Waals surface area contributed by atoms with Crippen molar-refractivity contribution in [1.82, 2.24) is 5.32 Å². The molecule has 5 heteroatoms. The number of rotatable bonds is 4. The van der Waals surface area contributed by atoms with Gasteiger partial charge in [0, 0.05) is 11.1 Å². The van der Waals surface area contributed by atoms with Gasteiger partial charge in [0.1, 0.15) is 5.60 Å². The SMILES string of the molecule is CC(C)(C)OC=O.NC(Cc1cccc(Cl)c1)C1CCNCC1. The first-order chi connectivity index (χ1) is 10.8. The lowest BCUT2D eigenvalue weighted by atomic mass is 9.87. The predicted octanol–water partition coefficient (Wildman–Crippen LogP) is 3.17. The van der Waals surface area contributed by atoms with Crippen molar-refractivity contribution in [3.8, 4) is 0 Å². The summed E-state index contributed by atoms with van der Waals surface area (Å²) in [4.78, 5) is 9.60. The summed E-state index contributed by atoms with van der Waals surface area (Å²) in [5.74, 6) is 0.653. The molecule has 0 aromatic heterocycles. The number of halogens is 1. The molecular weight excluding hydrogens is 312 g/mol. The molecule has 3 N–H and O–H groups in total. The highest BCUT2D eigenvalue weighted by Gasteiger charge is 2.20. The van der Waals surface area contributed by atoms with Gasteiger partial charge in [-0.3, -0.25) is 4.79 Å². The Hall–Kier alpha value is -1.10. The molecule has 1 atom stereocenters. The molecule has 1 fully saturated rings. The number of hydrogen-bond acceptors (Lipinski definition) is 4. The third-order valence-electron chi connectivity index (χ3n) is 3.75. The zero-order valence-corrected chi connectivity index (χ0v) is 15.1. The number of nitrogens with one attached hydrogen (secondary N) is 1. The van der Waals surface area contributed by atoms with E-state index in [2.05, 4.69) is 16.1 Å². The normalized spacial score (nSPS) is 16.9. The first kappa shape index (κ1) is 19.9. The second-order valence-electron chi connectivity index (χ2n) is 6.91. The molecule has 0 amide bonds. The van der Waals surface area contributed by atoms with Crippen LogP contribution in [0.4, 0.5) is 0 Å². The zero-order chi connectivity index (χ0) is 17.3. The van der Waals surface area contributed by atoms with Crippen LogP contribution in [0.5, 0.6) is 0 Å². The van der Waals surface area contributed by atoms with E-state index in [1.807, 2.05) is 39.0 Å². The van der Waals surface area contributed by atoms with Crippen LogP contribution in [0.1, 0.15) is 39.2 Å². The van der Waals surface area contributed by atoms with E-state index in [4.69, 9.17) is 17.3 Å². The first-order valence-corrected chi connectivity index (χ1v) is 8.52. The van der Waals surface area contributed by atoms with Gasteiger partial charge in [-0.15, -0.1) is 0 Å². The van der Waals surface area contributed by atoms with Crippen LogP contribution >= 0.6 is 11.6 Å². The third kappa shape index (κ3) is 8.94. The monoisotopic (exact) mass is 340 g/mol. The average Bonchev–Trinajstić information content (AvgIpc) is 2.47. The van der Waals surface area contributed by atoms with Gasteiger partial charge >= 0.3 is 0 Å². The Morgan fingerprint density at radius 3 is 2.52 bits per heavy atom. The maximum absolute atomic E-state index is 9.60. The van der Waals surface area contributed by atoms with E-state index in [1.165, 1.54) is 18.4 Å². The van der Waals surface area contributed by atoms with Crippen molar-refractivity contribution in [2.75, 3.05) is 13.1 Å². The lowest BCUT2D eigenvalue weighted by molar-refractivity contribution is -0.138. The molecule has 1 aliphatic heterocycles. The summed E-state index contributed by atoms with van der Waals surface area (Å²) in [7, 11) is 0. The van der Waals surface area contributed by atoms with E-state index in [9.17, 15) is 4.79 Å². The number of ether oxygens (including phenoxy) is 1. The van der Waals surface area contributed by atoms with Crippen LogP contribution in [-0.2, 0) is 16.0 Å². The molecule has 0 bridgehead atoms. The lowest BCUT2D eigenvalue weighted by Crippen LogP contribution is -2.39. The molecule has 1 unspecified atom stereocenters. The van der Waals surface area contributed by atoms with Gasteiger partial charge in [0.15, 0.2) is 0 Å². The number of hydrogen-bond donors (Lipinski definition) is 2. The number of nitrogens with two attached hydrogens (primary N) is 1. The summed E-state index contributed by atoms with van der Waals surface area (Å²) in [5.41, 5.74) is 7.19. The summed E-state index contributed by atoms with van der Waals surface area (Å²) >= 11 is 5.96. The summed E-state index contributed by atoms with van der Waals surface area (Å²) in [6, 6.07) is 8.28. The van der Waals surface area contributed by atoms with Crippen molar-refractivity contribution >= 4 is 18.1 Å². The molecular formula is C18H29ClN2O2. The highest BCUT2D eigenvalue weighted by molar-refractivity contribution is 6.30. The Bertz CT molecular complexity index is 468. The van der Waals surface area contributed by atoms with E-state index in [1.54, 1.807) is 0 Å². The Morgan fingerprint density at radius 2 is 2.04 bits per heavy atom. The molecule has 1 aromatic carbocycles. The van der Waals surface area contributed by atoms with Crippen LogP contribution < -0.4 is 11.1 Å². The van der Waals surface area contributed by atoms with Crippen LogP contribution in [0.2, 0.25) is 5.02 Å².